The van der Waals surface area contributed by atoms with Crippen molar-refractivity contribution in [3.63, 3.8) is 0 Å². The number of para-hydroxylation sites is 5. The van der Waals surface area contributed by atoms with Gasteiger partial charge >= 0.3 is 0 Å². The molecular weight excluding hydrogens is 697 g/mol. The summed E-state index contributed by atoms with van der Waals surface area (Å²) in [5, 5.41) is 17.1. The fraction of sp³-hybridized carbons (Fsp3) is 0. The third-order valence-electron chi connectivity index (χ3n) is 11.2. The van der Waals surface area contributed by atoms with Crippen LogP contribution >= 0.6 is 0 Å². The zero-order valence-electron chi connectivity index (χ0n) is 30.3. The first-order valence-electron chi connectivity index (χ1n) is 18.6. The third kappa shape index (κ3) is 4.74. The number of benzene rings is 8. The van der Waals surface area contributed by atoms with Crippen LogP contribution in [0.3, 0.4) is 0 Å². The summed E-state index contributed by atoms with van der Waals surface area (Å²) in [5.74, 6) is 0. The van der Waals surface area contributed by atoms with Crippen LogP contribution < -0.4 is 0 Å². The van der Waals surface area contributed by atoms with E-state index in [4.69, 9.17) is 13.1 Å². The molecule has 11 rings (SSSR count). The second-order valence-corrected chi connectivity index (χ2v) is 14.3. The fourth-order valence-electron chi connectivity index (χ4n) is 8.87. The first-order valence-corrected chi connectivity index (χ1v) is 18.6. The topological polar surface area (TPSA) is 47.3 Å². The molecule has 0 bridgehead atoms. The molecule has 8 aromatic carbocycles. The molecule has 0 unspecified atom stereocenters. The number of nitriles is 1. The van der Waals surface area contributed by atoms with E-state index in [1.165, 1.54) is 0 Å². The standard InChI is InChI=1S/C51H28N6/c1-53-35-22-23-49-44(30-35)43-16-11-21-50(57-47-19-9-5-14-41(47)42-15-6-10-20-48(42)57)51(43)56(49)37-25-32(31-52)24-33(27-37)34-26-36(54-2)29-38(28-34)55-45-17-7-3-12-39(45)40-13-4-8-18-46(40)55/h3-30H. The lowest BCUT2D eigenvalue weighted by Gasteiger charge is -2.16. The Kier molecular flexibility index (Phi) is 6.95. The highest BCUT2D eigenvalue weighted by Gasteiger charge is 2.21. The Balaban J connectivity index is 1.21. The van der Waals surface area contributed by atoms with Gasteiger partial charge in [0.1, 0.15) is 0 Å². The smallest absolute Gasteiger partial charge is 0.189 e. The first-order chi connectivity index (χ1) is 28.1. The number of nitrogens with zero attached hydrogens (tertiary/aromatic N) is 6. The van der Waals surface area contributed by atoms with Crippen molar-refractivity contribution in [3.05, 3.63) is 198 Å². The molecule has 0 atom stereocenters. The molecule has 0 fully saturated rings. The van der Waals surface area contributed by atoms with E-state index in [-0.39, 0.29) is 0 Å². The molecule has 0 aliphatic rings. The maximum absolute atomic E-state index is 10.6. The van der Waals surface area contributed by atoms with Gasteiger partial charge in [-0.25, -0.2) is 9.69 Å². The van der Waals surface area contributed by atoms with Crippen LogP contribution in [0.1, 0.15) is 5.56 Å². The molecule has 3 heterocycles. The summed E-state index contributed by atoms with van der Waals surface area (Å²) in [6, 6.07) is 60.2. The SMILES string of the molecule is [C-]#[N+]c1cc(-c2cc(C#N)cc(-n3c4ccc([N+]#[C-])cc4c4cccc(-n5c6ccccc6c6ccccc65)c43)c2)cc(-n2c3ccccc3c3ccccc32)c1. The second kappa shape index (κ2) is 12.3. The number of fused-ring (bicyclic) bond motifs is 9. The van der Waals surface area contributed by atoms with Crippen molar-refractivity contribution in [2.45, 2.75) is 0 Å². The van der Waals surface area contributed by atoms with Gasteiger partial charge in [-0.05, 0) is 95.4 Å². The van der Waals surface area contributed by atoms with Crippen LogP contribution in [0.25, 0.3) is 103 Å². The van der Waals surface area contributed by atoms with Crippen molar-refractivity contribution in [2.24, 2.45) is 0 Å². The maximum Gasteiger partial charge on any atom is 0.189 e. The van der Waals surface area contributed by atoms with Crippen molar-refractivity contribution < 1.29 is 0 Å². The highest BCUT2D eigenvalue weighted by molar-refractivity contribution is 6.16. The minimum absolute atomic E-state index is 0.497. The van der Waals surface area contributed by atoms with E-state index in [0.29, 0.717) is 16.9 Å². The van der Waals surface area contributed by atoms with Gasteiger partial charge < -0.3 is 13.7 Å². The van der Waals surface area contributed by atoms with E-state index in [1.807, 2.05) is 54.6 Å². The Morgan fingerprint density at radius 2 is 0.912 bits per heavy atom. The highest BCUT2D eigenvalue weighted by atomic mass is 15.1. The summed E-state index contributed by atoms with van der Waals surface area (Å²) in [6.45, 7) is 16.0. The van der Waals surface area contributed by atoms with E-state index in [9.17, 15) is 5.26 Å². The van der Waals surface area contributed by atoms with Gasteiger partial charge in [0, 0.05) is 38.3 Å². The molecule has 11 aromatic rings. The molecule has 57 heavy (non-hydrogen) atoms. The highest BCUT2D eigenvalue weighted by Crippen LogP contribution is 2.42. The molecule has 3 aromatic heterocycles. The van der Waals surface area contributed by atoms with Gasteiger partial charge in [0.05, 0.1) is 63.6 Å². The van der Waals surface area contributed by atoms with Crippen molar-refractivity contribution in [1.29, 1.82) is 5.26 Å². The van der Waals surface area contributed by atoms with Gasteiger partial charge in [-0.2, -0.15) is 5.26 Å². The van der Waals surface area contributed by atoms with Gasteiger partial charge in [0.2, 0.25) is 0 Å². The maximum atomic E-state index is 10.6. The third-order valence-corrected chi connectivity index (χ3v) is 11.2. The van der Waals surface area contributed by atoms with Crippen LogP contribution in [-0.2, 0) is 0 Å². The molecule has 6 heteroatoms. The molecule has 262 valence electrons. The van der Waals surface area contributed by atoms with E-state index >= 15 is 0 Å². The van der Waals surface area contributed by atoms with Crippen molar-refractivity contribution in [3.8, 4) is 34.3 Å². The minimum Gasteiger partial charge on any atom is -0.310 e. The minimum atomic E-state index is 0.497. The lowest BCUT2D eigenvalue weighted by atomic mass is 10.0. The molecule has 0 spiro atoms. The monoisotopic (exact) mass is 724 g/mol. The zero-order valence-corrected chi connectivity index (χ0v) is 30.3. The van der Waals surface area contributed by atoms with Gasteiger partial charge in [-0.1, -0.05) is 91.0 Å². The Labute approximate surface area is 327 Å². The largest absolute Gasteiger partial charge is 0.310 e. The molecule has 0 radical (unpaired) electrons. The van der Waals surface area contributed by atoms with E-state index in [1.54, 1.807) is 0 Å². The van der Waals surface area contributed by atoms with Gasteiger partial charge in [-0.15, -0.1) is 0 Å². The lowest BCUT2D eigenvalue weighted by Crippen LogP contribution is -2.01. The van der Waals surface area contributed by atoms with Crippen LogP contribution in [0.5, 0.6) is 0 Å². The Hall–Kier alpha value is -8.37. The van der Waals surface area contributed by atoms with Crippen LogP contribution in [0.4, 0.5) is 11.4 Å². The van der Waals surface area contributed by atoms with E-state index in [2.05, 4.69) is 145 Å². The Morgan fingerprint density at radius 3 is 1.49 bits per heavy atom. The predicted molar refractivity (Wildman–Crippen MR) is 232 cm³/mol. The Morgan fingerprint density at radius 1 is 0.404 bits per heavy atom. The van der Waals surface area contributed by atoms with Crippen molar-refractivity contribution >= 4 is 76.8 Å². The average Bonchev–Trinajstić information content (AvgIpc) is 3.91. The molecule has 0 amide bonds. The van der Waals surface area contributed by atoms with Crippen molar-refractivity contribution in [2.75, 3.05) is 0 Å². The molecular formula is C51H28N6. The molecule has 0 saturated carbocycles. The Bertz CT molecular complexity index is 3520. The summed E-state index contributed by atoms with van der Waals surface area (Å²) < 4.78 is 6.77. The van der Waals surface area contributed by atoms with Crippen LogP contribution in [0.2, 0.25) is 0 Å². The number of hydrogen-bond acceptors (Lipinski definition) is 1. The zero-order chi connectivity index (χ0) is 38.2. The second-order valence-electron chi connectivity index (χ2n) is 14.3. The summed E-state index contributed by atoms with van der Waals surface area (Å²) in [5.41, 5.74) is 12.0. The van der Waals surface area contributed by atoms with Crippen molar-refractivity contribution in [1.82, 2.24) is 13.7 Å². The molecule has 0 aliphatic carbocycles. The van der Waals surface area contributed by atoms with Gasteiger partial charge in [0.25, 0.3) is 0 Å². The number of rotatable bonds is 4. The quantitative estimate of drug-likeness (QED) is 0.167. The number of hydrogen-bond donors (Lipinski definition) is 0. The van der Waals surface area contributed by atoms with Crippen LogP contribution in [0.15, 0.2) is 170 Å². The van der Waals surface area contributed by atoms with Gasteiger partial charge in [-0.3, -0.25) is 0 Å². The summed E-state index contributed by atoms with van der Waals surface area (Å²) in [6.07, 6.45) is 0. The normalized spacial score (nSPS) is 11.5. The lowest BCUT2D eigenvalue weighted by molar-refractivity contribution is 1.13. The van der Waals surface area contributed by atoms with Gasteiger partial charge in [0.15, 0.2) is 11.4 Å². The molecule has 6 nitrogen and oxygen atoms in total. The van der Waals surface area contributed by atoms with E-state index < -0.39 is 0 Å². The summed E-state index contributed by atoms with van der Waals surface area (Å²) in [4.78, 5) is 7.72. The first kappa shape index (κ1) is 32.1. The molecule has 0 saturated heterocycles. The fourth-order valence-corrected chi connectivity index (χ4v) is 8.87. The summed E-state index contributed by atoms with van der Waals surface area (Å²) >= 11 is 0. The average molecular weight is 725 g/mol. The summed E-state index contributed by atoms with van der Waals surface area (Å²) in [7, 11) is 0. The predicted octanol–water partition coefficient (Wildman–Crippen LogP) is 13.6. The molecule has 0 N–H and O–H groups in total. The van der Waals surface area contributed by atoms with Crippen LogP contribution in [-0.4, -0.2) is 13.7 Å². The van der Waals surface area contributed by atoms with Crippen LogP contribution in [0, 0.1) is 24.5 Å². The van der Waals surface area contributed by atoms with E-state index in [0.717, 1.165) is 93.6 Å². The number of aromatic nitrogens is 3. The molecule has 0 aliphatic heterocycles.